The Morgan fingerprint density at radius 1 is 1.17 bits per heavy atom. The highest BCUT2D eigenvalue weighted by atomic mass is 16.4. The third-order valence-corrected chi connectivity index (χ3v) is 0.792. The van der Waals surface area contributed by atoms with Crippen molar-refractivity contribution in [3.05, 3.63) is 0 Å². The molecule has 5 heteroatoms. The molecule has 0 aromatic heterocycles. The molecule has 12 heavy (non-hydrogen) atoms. The Kier molecular flexibility index (Phi) is 11.1. The Bertz CT molecular complexity index is 119. The Balaban J connectivity index is 0. The summed E-state index contributed by atoms with van der Waals surface area (Å²) in [5.41, 5.74) is 0. The summed E-state index contributed by atoms with van der Waals surface area (Å²) in [4.78, 5) is 19.7. The first-order chi connectivity index (χ1) is 5.63. The molecule has 0 radical (unpaired) electrons. The lowest BCUT2D eigenvalue weighted by Crippen LogP contribution is -2.24. The standard InChI is InChI=1S/C5H9NO4.C2H6/c7-4(8)1-2-6-3-5(9)10;1-2/h6H,1-3H2,(H,7,8)(H,9,10);1-2H3. The molecule has 0 atom stereocenters. The number of rotatable bonds is 5. The van der Waals surface area contributed by atoms with Crippen LogP contribution in [0.2, 0.25) is 0 Å². The van der Waals surface area contributed by atoms with Crippen LogP contribution < -0.4 is 5.32 Å². The first kappa shape index (κ1) is 13.5. The highest BCUT2D eigenvalue weighted by Gasteiger charge is 1.97. The first-order valence-electron chi connectivity index (χ1n) is 3.77. The normalized spacial score (nSPS) is 8.17. The highest BCUT2D eigenvalue weighted by molar-refractivity contribution is 5.69. The van der Waals surface area contributed by atoms with E-state index in [0.29, 0.717) is 0 Å². The fourth-order valence-corrected chi connectivity index (χ4v) is 0.391. The summed E-state index contributed by atoms with van der Waals surface area (Å²) >= 11 is 0. The van der Waals surface area contributed by atoms with Crippen LogP contribution >= 0.6 is 0 Å². The van der Waals surface area contributed by atoms with Crippen LogP contribution in [0.1, 0.15) is 20.3 Å². The molecule has 0 heterocycles. The van der Waals surface area contributed by atoms with Crippen LogP contribution in [0, 0.1) is 0 Å². The average molecular weight is 177 g/mol. The van der Waals surface area contributed by atoms with Crippen molar-refractivity contribution in [3.8, 4) is 0 Å². The average Bonchev–Trinajstić information content (AvgIpc) is 2.02. The van der Waals surface area contributed by atoms with E-state index >= 15 is 0 Å². The van der Waals surface area contributed by atoms with Crippen LogP contribution in [0.5, 0.6) is 0 Å². The molecular weight excluding hydrogens is 162 g/mol. The zero-order valence-corrected chi connectivity index (χ0v) is 7.33. The number of carbonyl (C=O) groups is 2. The molecule has 3 N–H and O–H groups in total. The van der Waals surface area contributed by atoms with E-state index in [0.717, 1.165) is 0 Å². The summed E-state index contributed by atoms with van der Waals surface area (Å²) in [5.74, 6) is -1.91. The van der Waals surface area contributed by atoms with Gasteiger partial charge in [-0.2, -0.15) is 0 Å². The van der Waals surface area contributed by atoms with Gasteiger partial charge in [-0.3, -0.25) is 9.59 Å². The number of carboxylic acids is 2. The van der Waals surface area contributed by atoms with Crippen LogP contribution in [-0.2, 0) is 9.59 Å². The van der Waals surface area contributed by atoms with Crippen molar-refractivity contribution in [2.45, 2.75) is 20.3 Å². The van der Waals surface area contributed by atoms with Gasteiger partial charge in [0.1, 0.15) is 0 Å². The number of aliphatic carboxylic acids is 2. The van der Waals surface area contributed by atoms with Crippen LogP contribution in [0.3, 0.4) is 0 Å². The second-order valence-corrected chi connectivity index (χ2v) is 1.71. The van der Waals surface area contributed by atoms with E-state index in [-0.39, 0.29) is 19.5 Å². The molecule has 0 saturated carbocycles. The summed E-state index contributed by atoms with van der Waals surface area (Å²) in [7, 11) is 0. The maximum Gasteiger partial charge on any atom is 0.317 e. The molecule has 0 unspecified atom stereocenters. The van der Waals surface area contributed by atoms with Crippen molar-refractivity contribution >= 4 is 11.9 Å². The molecule has 0 aliphatic carbocycles. The van der Waals surface area contributed by atoms with Crippen molar-refractivity contribution in [2.24, 2.45) is 0 Å². The maximum atomic E-state index is 9.86. The fourth-order valence-electron chi connectivity index (χ4n) is 0.391. The van der Waals surface area contributed by atoms with Crippen molar-refractivity contribution in [2.75, 3.05) is 13.1 Å². The molecule has 0 aliphatic rings. The zero-order chi connectivity index (χ0) is 9.98. The van der Waals surface area contributed by atoms with Gasteiger partial charge in [0.25, 0.3) is 0 Å². The predicted molar refractivity (Wildman–Crippen MR) is 44.1 cm³/mol. The summed E-state index contributed by atoms with van der Waals surface area (Å²) in [6.07, 6.45) is -0.0483. The third-order valence-electron chi connectivity index (χ3n) is 0.792. The molecule has 0 saturated heterocycles. The van der Waals surface area contributed by atoms with Crippen LogP contribution in [0.4, 0.5) is 0 Å². The molecule has 0 spiro atoms. The van der Waals surface area contributed by atoms with Gasteiger partial charge in [-0.1, -0.05) is 13.8 Å². The van der Waals surface area contributed by atoms with Gasteiger partial charge in [0.2, 0.25) is 0 Å². The van der Waals surface area contributed by atoms with Gasteiger partial charge in [-0.15, -0.1) is 0 Å². The van der Waals surface area contributed by atoms with Crippen LogP contribution in [0.15, 0.2) is 0 Å². The molecule has 0 aromatic rings. The summed E-state index contributed by atoms with van der Waals surface area (Å²) in [6, 6.07) is 0. The van der Waals surface area contributed by atoms with Crippen LogP contribution in [-0.4, -0.2) is 35.2 Å². The molecule has 5 nitrogen and oxygen atoms in total. The monoisotopic (exact) mass is 177 g/mol. The largest absolute Gasteiger partial charge is 0.481 e. The van der Waals surface area contributed by atoms with Gasteiger partial charge in [-0.05, 0) is 0 Å². The number of nitrogens with one attached hydrogen (secondary N) is 1. The minimum Gasteiger partial charge on any atom is -0.481 e. The first-order valence-corrected chi connectivity index (χ1v) is 3.77. The SMILES string of the molecule is CC.O=C(O)CCNCC(=O)O. The topological polar surface area (TPSA) is 86.6 Å². The molecule has 72 valence electrons. The minimum absolute atomic E-state index is 0.0483. The van der Waals surface area contributed by atoms with E-state index in [9.17, 15) is 9.59 Å². The summed E-state index contributed by atoms with van der Waals surface area (Å²) in [6.45, 7) is 4.01. The molecular formula is C7H15NO4. The van der Waals surface area contributed by atoms with Crippen molar-refractivity contribution < 1.29 is 19.8 Å². The Morgan fingerprint density at radius 3 is 2.00 bits per heavy atom. The number of hydrogen-bond donors (Lipinski definition) is 3. The zero-order valence-electron chi connectivity index (χ0n) is 7.33. The van der Waals surface area contributed by atoms with Crippen molar-refractivity contribution in [1.82, 2.24) is 5.32 Å². The molecule has 0 amide bonds. The second kappa shape index (κ2) is 9.90. The summed E-state index contributed by atoms with van der Waals surface area (Å²) < 4.78 is 0. The van der Waals surface area contributed by atoms with Gasteiger partial charge < -0.3 is 15.5 Å². The molecule has 0 aliphatic heterocycles. The van der Waals surface area contributed by atoms with Crippen LogP contribution in [0.25, 0.3) is 0 Å². The smallest absolute Gasteiger partial charge is 0.317 e. The van der Waals surface area contributed by atoms with Crippen molar-refractivity contribution in [1.29, 1.82) is 0 Å². The minimum atomic E-state index is -0.981. The Labute approximate surface area is 71.4 Å². The quantitative estimate of drug-likeness (QED) is 0.521. The van der Waals surface area contributed by atoms with Gasteiger partial charge >= 0.3 is 11.9 Å². The molecule has 0 fully saturated rings. The number of hydrogen-bond acceptors (Lipinski definition) is 3. The molecule has 0 aromatic carbocycles. The van der Waals surface area contributed by atoms with E-state index in [2.05, 4.69) is 5.32 Å². The predicted octanol–water partition coefficient (Wildman–Crippen LogP) is 0.161. The van der Waals surface area contributed by atoms with E-state index < -0.39 is 11.9 Å². The molecule has 0 bridgehead atoms. The Morgan fingerprint density at radius 2 is 1.67 bits per heavy atom. The molecule has 0 rings (SSSR count). The van der Waals surface area contributed by atoms with Gasteiger partial charge in [0.05, 0.1) is 13.0 Å². The fraction of sp³-hybridized carbons (Fsp3) is 0.714. The second-order valence-electron chi connectivity index (χ2n) is 1.71. The van der Waals surface area contributed by atoms with Gasteiger partial charge in [0, 0.05) is 6.54 Å². The van der Waals surface area contributed by atoms with E-state index in [1.165, 1.54) is 0 Å². The Hall–Kier alpha value is -1.10. The van der Waals surface area contributed by atoms with E-state index in [4.69, 9.17) is 10.2 Å². The number of carboxylic acid groups (broad SMARTS) is 2. The van der Waals surface area contributed by atoms with Gasteiger partial charge in [0.15, 0.2) is 0 Å². The maximum absolute atomic E-state index is 9.86. The van der Waals surface area contributed by atoms with Crippen molar-refractivity contribution in [3.63, 3.8) is 0 Å². The lowest BCUT2D eigenvalue weighted by atomic mass is 10.4. The van der Waals surface area contributed by atoms with E-state index in [1.54, 1.807) is 0 Å². The summed E-state index contributed by atoms with van der Waals surface area (Å²) in [5, 5.41) is 18.6. The highest BCUT2D eigenvalue weighted by Crippen LogP contribution is 1.73. The van der Waals surface area contributed by atoms with E-state index in [1.807, 2.05) is 13.8 Å². The third kappa shape index (κ3) is 16.0. The lowest BCUT2D eigenvalue weighted by Gasteiger charge is -1.95. The van der Waals surface area contributed by atoms with Gasteiger partial charge in [-0.25, -0.2) is 0 Å². The lowest BCUT2D eigenvalue weighted by molar-refractivity contribution is -0.138.